The third-order valence-electron chi connectivity index (χ3n) is 6.41. The Morgan fingerprint density at radius 2 is 1.34 bits per heavy atom. The highest BCUT2D eigenvalue weighted by Gasteiger charge is 2.21. The normalized spacial score (nSPS) is 18.8. The zero-order chi connectivity index (χ0) is 20.3. The molecule has 1 fully saturated rings. The van der Waals surface area contributed by atoms with Crippen LogP contribution in [0.25, 0.3) is 0 Å². The lowest BCUT2D eigenvalue weighted by Gasteiger charge is -2.26. The summed E-state index contributed by atoms with van der Waals surface area (Å²) in [6.07, 6.45) is 14.0. The molecule has 0 amide bonds. The summed E-state index contributed by atoms with van der Waals surface area (Å²) in [5.41, 5.74) is 5.64. The van der Waals surface area contributed by atoms with Crippen molar-refractivity contribution in [2.75, 3.05) is 0 Å². The highest BCUT2D eigenvalue weighted by molar-refractivity contribution is 5.37. The smallest absolute Gasteiger partial charge is 0.0245 e. The van der Waals surface area contributed by atoms with Gasteiger partial charge in [-0.3, -0.25) is 0 Å². The largest absolute Gasteiger partial charge is 0.0945 e. The summed E-state index contributed by atoms with van der Waals surface area (Å²) in [6.45, 7) is 4.51. The van der Waals surface area contributed by atoms with Crippen LogP contribution in [0.3, 0.4) is 0 Å². The number of benzene rings is 2. The van der Waals surface area contributed by atoms with Crippen LogP contribution in [0.2, 0.25) is 0 Å². The monoisotopic (exact) mass is 386 g/mol. The van der Waals surface area contributed by atoms with E-state index >= 15 is 0 Å². The molecule has 0 aliphatic heterocycles. The minimum atomic E-state index is 0.569. The fourth-order valence-corrected chi connectivity index (χ4v) is 4.51. The van der Waals surface area contributed by atoms with E-state index in [1.807, 2.05) is 0 Å². The van der Waals surface area contributed by atoms with Crippen molar-refractivity contribution < 1.29 is 0 Å². The summed E-state index contributed by atoms with van der Waals surface area (Å²) in [5, 5.41) is 0. The molecule has 0 heterocycles. The molecule has 154 valence electrons. The molecule has 0 heteroatoms. The van der Waals surface area contributed by atoms with Crippen molar-refractivity contribution in [1.29, 1.82) is 0 Å². The van der Waals surface area contributed by atoms with E-state index in [9.17, 15) is 0 Å². The van der Waals surface area contributed by atoms with Crippen molar-refractivity contribution in [3.8, 4) is 11.8 Å². The molecular weight excluding hydrogens is 348 g/mol. The summed E-state index contributed by atoms with van der Waals surface area (Å²) >= 11 is 0. The first-order chi connectivity index (χ1) is 14.3. The Bertz CT molecular complexity index is 762. The summed E-state index contributed by atoms with van der Waals surface area (Å²) in [6, 6.07) is 18.4. The van der Waals surface area contributed by atoms with Crippen molar-refractivity contribution in [3.05, 3.63) is 70.8 Å². The van der Waals surface area contributed by atoms with Gasteiger partial charge in [0.1, 0.15) is 0 Å². The Labute approximate surface area is 179 Å². The molecule has 0 atom stereocenters. The second kappa shape index (κ2) is 11.9. The second-order valence-corrected chi connectivity index (χ2v) is 8.82. The van der Waals surface area contributed by atoms with Gasteiger partial charge in [0.15, 0.2) is 0 Å². The van der Waals surface area contributed by atoms with E-state index in [1.165, 1.54) is 80.9 Å². The van der Waals surface area contributed by atoms with Gasteiger partial charge in [0.25, 0.3) is 0 Å². The van der Waals surface area contributed by atoms with Crippen molar-refractivity contribution >= 4 is 0 Å². The molecule has 0 aromatic heterocycles. The molecule has 0 bridgehead atoms. The van der Waals surface area contributed by atoms with Gasteiger partial charge < -0.3 is 0 Å². The van der Waals surface area contributed by atoms with Crippen LogP contribution in [0.4, 0.5) is 0 Å². The van der Waals surface area contributed by atoms with Crippen LogP contribution in [0.15, 0.2) is 48.5 Å². The number of hydrogen-bond donors (Lipinski definition) is 0. The minimum Gasteiger partial charge on any atom is -0.0945 e. The summed E-state index contributed by atoms with van der Waals surface area (Å²) in [4.78, 5) is 0. The molecule has 0 nitrogen and oxygen atoms in total. The van der Waals surface area contributed by atoms with Crippen LogP contribution in [-0.2, 0) is 12.8 Å². The average Bonchev–Trinajstić information content (AvgIpc) is 2.77. The van der Waals surface area contributed by atoms with E-state index < -0.39 is 0 Å². The average molecular weight is 387 g/mol. The van der Waals surface area contributed by atoms with Crippen LogP contribution >= 0.6 is 0 Å². The van der Waals surface area contributed by atoms with Crippen LogP contribution in [0.1, 0.15) is 99.8 Å². The van der Waals surface area contributed by atoms with Crippen LogP contribution in [-0.4, -0.2) is 0 Å². The molecular formula is C29H38. The maximum Gasteiger partial charge on any atom is 0.0245 e. The highest BCUT2D eigenvalue weighted by Crippen LogP contribution is 2.35. The Morgan fingerprint density at radius 3 is 2.00 bits per heavy atom. The van der Waals surface area contributed by atoms with Crippen molar-refractivity contribution in [2.24, 2.45) is 5.92 Å². The number of aryl methyl sites for hydroxylation is 2. The fourth-order valence-electron chi connectivity index (χ4n) is 4.51. The molecule has 1 saturated carbocycles. The predicted molar refractivity (Wildman–Crippen MR) is 126 cm³/mol. The first-order valence-electron chi connectivity index (χ1n) is 12.0. The number of hydrogen-bond acceptors (Lipinski definition) is 0. The number of unbranched alkanes of at least 4 members (excludes halogenated alkanes) is 3. The molecule has 0 saturated heterocycles. The molecule has 0 unspecified atom stereocenters. The van der Waals surface area contributed by atoms with Crippen LogP contribution in [0, 0.1) is 17.8 Å². The zero-order valence-electron chi connectivity index (χ0n) is 18.6. The lowest BCUT2D eigenvalue weighted by atomic mass is 9.78. The molecule has 1 aliphatic carbocycles. The molecule has 2 aromatic rings. The SMILES string of the molecule is CCCCCCc1ccc(C2CCC(C#Cc3ccc(CCC)cc3)CC2)cc1. The second-order valence-electron chi connectivity index (χ2n) is 8.82. The molecule has 29 heavy (non-hydrogen) atoms. The quantitative estimate of drug-likeness (QED) is 0.318. The van der Waals surface area contributed by atoms with E-state index in [0.29, 0.717) is 5.92 Å². The van der Waals surface area contributed by atoms with E-state index in [-0.39, 0.29) is 0 Å². The van der Waals surface area contributed by atoms with Crippen molar-refractivity contribution in [3.63, 3.8) is 0 Å². The van der Waals surface area contributed by atoms with Gasteiger partial charge in [-0.25, -0.2) is 0 Å². The standard InChI is InChI=1S/C29H38/c1-3-5-6-7-9-25-16-20-28(21-17-25)29-22-18-27(19-23-29)15-14-26-12-10-24(8-4-2)11-13-26/h10-13,16-17,20-21,27,29H,3-9,18-19,22-23H2,1-2H3. The molecule has 3 rings (SSSR count). The van der Waals surface area contributed by atoms with Gasteiger partial charge in [-0.2, -0.15) is 0 Å². The van der Waals surface area contributed by atoms with Crippen LogP contribution < -0.4 is 0 Å². The molecule has 1 aliphatic rings. The number of rotatable bonds is 8. The molecule has 0 spiro atoms. The maximum absolute atomic E-state index is 3.55. The highest BCUT2D eigenvalue weighted by atomic mass is 14.2. The third kappa shape index (κ3) is 7.08. The minimum absolute atomic E-state index is 0.569. The first-order valence-corrected chi connectivity index (χ1v) is 12.0. The van der Waals surface area contributed by atoms with Crippen molar-refractivity contribution in [2.45, 2.75) is 90.4 Å². The molecule has 0 N–H and O–H groups in total. The van der Waals surface area contributed by atoms with Gasteiger partial charge in [0, 0.05) is 11.5 Å². The van der Waals surface area contributed by atoms with E-state index in [0.717, 1.165) is 12.3 Å². The summed E-state index contributed by atoms with van der Waals surface area (Å²) in [7, 11) is 0. The van der Waals surface area contributed by atoms with Crippen molar-refractivity contribution in [1.82, 2.24) is 0 Å². The van der Waals surface area contributed by atoms with E-state index in [4.69, 9.17) is 0 Å². The fraction of sp³-hybridized carbons (Fsp3) is 0.517. The summed E-state index contributed by atoms with van der Waals surface area (Å²) in [5.74, 6) is 8.28. The Hall–Kier alpha value is -2.00. The zero-order valence-corrected chi connectivity index (χ0v) is 18.6. The topological polar surface area (TPSA) is 0 Å². The van der Waals surface area contributed by atoms with Gasteiger partial charge in [0.2, 0.25) is 0 Å². The van der Waals surface area contributed by atoms with Gasteiger partial charge in [0.05, 0.1) is 0 Å². The third-order valence-corrected chi connectivity index (χ3v) is 6.41. The first kappa shape index (κ1) is 21.7. The summed E-state index contributed by atoms with van der Waals surface area (Å²) < 4.78 is 0. The lowest BCUT2D eigenvalue weighted by Crippen LogP contribution is -2.12. The molecule has 0 radical (unpaired) electrons. The molecule has 2 aromatic carbocycles. The van der Waals surface area contributed by atoms with Gasteiger partial charge >= 0.3 is 0 Å². The van der Waals surface area contributed by atoms with Gasteiger partial charge in [-0.05, 0) is 79.7 Å². The lowest BCUT2D eigenvalue weighted by molar-refractivity contribution is 0.384. The van der Waals surface area contributed by atoms with Crippen LogP contribution in [0.5, 0.6) is 0 Å². The Balaban J connectivity index is 1.45. The van der Waals surface area contributed by atoms with Gasteiger partial charge in [-0.15, -0.1) is 0 Å². The Morgan fingerprint density at radius 1 is 0.690 bits per heavy atom. The van der Waals surface area contributed by atoms with E-state index in [1.54, 1.807) is 5.56 Å². The predicted octanol–water partition coefficient (Wildman–Crippen LogP) is 8.09. The Kier molecular flexibility index (Phi) is 8.88. The van der Waals surface area contributed by atoms with Gasteiger partial charge in [-0.1, -0.05) is 87.8 Å². The van der Waals surface area contributed by atoms with E-state index in [2.05, 4.69) is 74.2 Å². The maximum atomic E-state index is 3.55.